The van der Waals surface area contributed by atoms with Gasteiger partial charge in [0.05, 0.1) is 23.6 Å². The lowest BCUT2D eigenvalue weighted by Crippen LogP contribution is -2.12. The van der Waals surface area contributed by atoms with Crippen LogP contribution < -0.4 is 11.7 Å². The van der Waals surface area contributed by atoms with Crippen molar-refractivity contribution in [1.82, 2.24) is 15.7 Å². The number of fused-ring (bicyclic) bond motifs is 1. The van der Waals surface area contributed by atoms with Crippen molar-refractivity contribution in [2.75, 3.05) is 6.61 Å². The highest BCUT2D eigenvalue weighted by atomic mass is 32.1. The summed E-state index contributed by atoms with van der Waals surface area (Å²) in [6.45, 7) is 2.07. The van der Waals surface area contributed by atoms with Gasteiger partial charge in [-0.05, 0) is 30.2 Å². The number of H-pyrrole nitrogens is 1. The lowest BCUT2D eigenvalue weighted by atomic mass is 10.1. The summed E-state index contributed by atoms with van der Waals surface area (Å²) in [4.78, 5) is 15.9. The molecule has 0 saturated carbocycles. The van der Waals surface area contributed by atoms with Crippen LogP contribution in [0.3, 0.4) is 0 Å². The van der Waals surface area contributed by atoms with Gasteiger partial charge in [-0.3, -0.25) is 4.79 Å². The summed E-state index contributed by atoms with van der Waals surface area (Å²) in [7, 11) is 0. The highest BCUT2D eigenvalue weighted by Crippen LogP contribution is 2.31. The molecular weight excluding hydrogens is 354 g/mol. The number of thiol groups is 1. The van der Waals surface area contributed by atoms with Crippen LogP contribution in [0.25, 0.3) is 22.0 Å². The van der Waals surface area contributed by atoms with Gasteiger partial charge < -0.3 is 31.8 Å². The lowest BCUT2D eigenvalue weighted by molar-refractivity contribution is 0.227. The molecule has 2 aromatic heterocycles. The van der Waals surface area contributed by atoms with Crippen molar-refractivity contribution in [2.24, 2.45) is 0 Å². The van der Waals surface area contributed by atoms with Crippen molar-refractivity contribution in [3.63, 3.8) is 0 Å². The molecule has 0 fully saturated rings. The van der Waals surface area contributed by atoms with Crippen molar-refractivity contribution in [1.29, 1.82) is 0 Å². The van der Waals surface area contributed by atoms with Crippen molar-refractivity contribution in [3.8, 4) is 11.1 Å². The summed E-state index contributed by atoms with van der Waals surface area (Å²) in [6.07, 6.45) is 4.39. The molecule has 0 radical (unpaired) electrons. The molecule has 9 N–H and O–H groups in total. The monoisotopic (exact) mass is 383 g/mol. The van der Waals surface area contributed by atoms with Crippen LogP contribution in [0, 0.1) is 0 Å². The summed E-state index contributed by atoms with van der Waals surface area (Å²) >= 11 is 4.30. The third kappa shape index (κ3) is 4.54. The molecule has 0 amide bonds. The molecule has 26 heavy (non-hydrogen) atoms. The molecule has 7 nitrogen and oxygen atoms in total. The number of hydrogen-bond donors (Lipinski definition) is 4. The molecule has 146 valence electrons. The van der Waals surface area contributed by atoms with E-state index in [4.69, 9.17) is 0 Å². The minimum absolute atomic E-state index is 0. The number of nitrogens with zero attached hydrogens (tertiary/aromatic N) is 1. The van der Waals surface area contributed by atoms with Gasteiger partial charge in [0.15, 0.2) is 0 Å². The summed E-state index contributed by atoms with van der Waals surface area (Å²) in [6, 6.07) is 9.55. The molecule has 2 heterocycles. The second-order valence-electron chi connectivity index (χ2n) is 5.31. The number of nitrogens with one attached hydrogen (secondary N) is 1. The maximum atomic E-state index is 12.3. The maximum Gasteiger partial charge on any atom is 0.258 e. The van der Waals surface area contributed by atoms with E-state index >= 15 is 0 Å². The first-order valence-electron chi connectivity index (χ1n) is 7.28. The normalized spacial score (nSPS) is 10.7. The van der Waals surface area contributed by atoms with Gasteiger partial charge in [-0.1, -0.05) is 26.5 Å². The van der Waals surface area contributed by atoms with Crippen LogP contribution in [0.2, 0.25) is 0 Å². The molecule has 0 aliphatic rings. The van der Waals surface area contributed by atoms with E-state index < -0.39 is 0 Å². The molecule has 3 rings (SSSR count). The zero-order valence-corrected chi connectivity index (χ0v) is 14.9. The van der Waals surface area contributed by atoms with Gasteiger partial charge in [0, 0.05) is 22.9 Å². The number of aliphatic hydroxyl groups excluding tert-OH is 1. The highest BCUT2D eigenvalue weighted by molar-refractivity contribution is 7.80. The van der Waals surface area contributed by atoms with Gasteiger partial charge in [-0.25, -0.2) is 0 Å². The van der Waals surface area contributed by atoms with Gasteiger partial charge in [-0.2, -0.15) is 0 Å². The Morgan fingerprint density at radius 3 is 2.35 bits per heavy atom. The molecule has 3 aromatic rings. The van der Waals surface area contributed by atoms with Gasteiger partial charge in [0.2, 0.25) is 0 Å². The van der Waals surface area contributed by atoms with Crippen LogP contribution in [0.1, 0.15) is 26.8 Å². The van der Waals surface area contributed by atoms with Crippen molar-refractivity contribution in [3.05, 3.63) is 53.1 Å². The van der Waals surface area contributed by atoms with Crippen LogP contribution in [0.15, 0.2) is 52.4 Å². The third-order valence-corrected chi connectivity index (χ3v) is 4.31. The van der Waals surface area contributed by atoms with Crippen LogP contribution in [-0.2, 0) is 0 Å². The van der Waals surface area contributed by atoms with Crippen molar-refractivity contribution in [2.45, 2.75) is 31.7 Å². The minimum Gasteiger partial charge on any atom is -0.412 e. The van der Waals surface area contributed by atoms with E-state index in [9.17, 15) is 9.90 Å². The van der Waals surface area contributed by atoms with Crippen molar-refractivity contribution >= 4 is 23.5 Å². The van der Waals surface area contributed by atoms with Gasteiger partial charge >= 0.3 is 0 Å². The Hall–Kier alpha value is -2.10. The number of pyridine rings is 1. The second-order valence-corrected chi connectivity index (χ2v) is 5.82. The fraction of sp³-hybridized carbons (Fsp3) is 0.278. The smallest absolute Gasteiger partial charge is 0.258 e. The number of aliphatic hydroxyl groups is 1. The Kier molecular flexibility index (Phi) is 10.8. The van der Waals surface area contributed by atoms with Crippen LogP contribution in [-0.4, -0.2) is 32.2 Å². The Morgan fingerprint density at radius 2 is 1.81 bits per heavy atom. The molecule has 1 aromatic carbocycles. The SMILES string of the molecule is C.CCC(CO)n1cc(-c2ccc(S)cc2)c2c(=O)[nH]ccc21.N.O.O. The molecule has 0 bridgehead atoms. The van der Waals surface area contributed by atoms with E-state index in [0.717, 1.165) is 28.0 Å². The maximum absolute atomic E-state index is 12.3. The highest BCUT2D eigenvalue weighted by Gasteiger charge is 2.17. The first-order valence-corrected chi connectivity index (χ1v) is 7.73. The third-order valence-electron chi connectivity index (χ3n) is 4.01. The molecule has 1 atom stereocenters. The van der Waals surface area contributed by atoms with E-state index in [1.807, 2.05) is 48.0 Å². The molecule has 1 unspecified atom stereocenters. The van der Waals surface area contributed by atoms with E-state index in [1.54, 1.807) is 6.20 Å². The Balaban J connectivity index is 0. The standard InChI is InChI=1S/C17H18N2O2S.CH4.H3N.2H2O/c1-2-12(10-20)19-9-14(11-3-5-13(22)6-4-11)16-15(19)7-8-18-17(16)21;;;;/h3-9,12,20,22H,2,10H2,1H3,(H,18,21);1H4;1H3;2*1H2. The molecule has 8 heteroatoms. The number of aromatic nitrogens is 2. The van der Waals surface area contributed by atoms with Crippen LogP contribution >= 0.6 is 12.6 Å². The van der Waals surface area contributed by atoms with Gasteiger partial charge in [0.1, 0.15) is 0 Å². The average Bonchev–Trinajstić information content (AvgIpc) is 2.91. The van der Waals surface area contributed by atoms with E-state index in [1.165, 1.54) is 0 Å². The molecule has 0 aliphatic carbocycles. The summed E-state index contributed by atoms with van der Waals surface area (Å²) in [5.74, 6) is 0. The fourth-order valence-corrected chi connectivity index (χ4v) is 2.94. The van der Waals surface area contributed by atoms with Gasteiger partial charge in [0.25, 0.3) is 5.56 Å². The Bertz CT molecular complexity index is 855. The summed E-state index contributed by atoms with van der Waals surface area (Å²) in [5, 5.41) is 10.3. The minimum atomic E-state index is -0.117. The summed E-state index contributed by atoms with van der Waals surface area (Å²) in [5.41, 5.74) is 2.56. The topological polar surface area (TPSA) is 156 Å². The lowest BCUT2D eigenvalue weighted by Gasteiger charge is -2.15. The largest absolute Gasteiger partial charge is 0.412 e. The quantitative estimate of drug-likeness (QED) is 0.511. The molecule has 0 spiro atoms. The zero-order chi connectivity index (χ0) is 15.7. The summed E-state index contributed by atoms with van der Waals surface area (Å²) < 4.78 is 1.99. The van der Waals surface area contributed by atoms with Crippen LogP contribution in [0.4, 0.5) is 0 Å². The van der Waals surface area contributed by atoms with Gasteiger partial charge in [-0.15, -0.1) is 12.6 Å². The molecule has 0 aliphatic heterocycles. The molecule has 0 saturated heterocycles. The van der Waals surface area contributed by atoms with E-state index in [0.29, 0.717) is 5.39 Å². The predicted octanol–water partition coefficient (Wildman–Crippen LogP) is 2.38. The number of aromatic amines is 1. The first kappa shape index (κ1) is 26.1. The first-order chi connectivity index (χ1) is 10.7. The number of hydrogen-bond acceptors (Lipinski definition) is 4. The molecular formula is C18H29N3O4S. The zero-order valence-electron chi connectivity index (χ0n) is 14.0. The average molecular weight is 384 g/mol. The Morgan fingerprint density at radius 1 is 1.19 bits per heavy atom. The van der Waals surface area contributed by atoms with E-state index in [2.05, 4.69) is 17.6 Å². The fourth-order valence-electron chi connectivity index (χ4n) is 2.79. The predicted molar refractivity (Wildman–Crippen MR) is 111 cm³/mol. The van der Waals surface area contributed by atoms with E-state index in [-0.39, 0.29) is 42.7 Å². The van der Waals surface area contributed by atoms with Crippen LogP contribution in [0.5, 0.6) is 0 Å². The van der Waals surface area contributed by atoms with Crippen molar-refractivity contribution < 1.29 is 16.1 Å². The Labute approximate surface area is 158 Å². The number of benzene rings is 1. The second kappa shape index (κ2) is 10.8. The number of rotatable bonds is 4.